The van der Waals surface area contributed by atoms with Crippen molar-refractivity contribution in [3.05, 3.63) is 23.8 Å². The van der Waals surface area contributed by atoms with E-state index in [1.807, 2.05) is 6.92 Å². The highest BCUT2D eigenvalue weighted by Crippen LogP contribution is 2.22. The van der Waals surface area contributed by atoms with Crippen molar-refractivity contribution in [3.8, 4) is 0 Å². The average molecular weight is 264 g/mol. The number of nitrogens with one attached hydrogen (secondary N) is 2. The van der Waals surface area contributed by atoms with E-state index in [1.54, 1.807) is 37.2 Å². The van der Waals surface area contributed by atoms with Crippen LogP contribution in [-0.2, 0) is 4.79 Å². The van der Waals surface area contributed by atoms with Crippen molar-refractivity contribution in [2.24, 2.45) is 0 Å². The van der Waals surface area contributed by atoms with Gasteiger partial charge in [0.05, 0.1) is 17.8 Å². The van der Waals surface area contributed by atoms with Crippen LogP contribution in [0.2, 0.25) is 0 Å². The van der Waals surface area contributed by atoms with Crippen LogP contribution in [0.4, 0.5) is 11.4 Å². The number of carbonyl (C=O) groups excluding carboxylic acids is 2. The van der Waals surface area contributed by atoms with Gasteiger partial charge in [0, 0.05) is 26.3 Å². The molecule has 0 unspecified atom stereocenters. The molecule has 0 aliphatic rings. The van der Waals surface area contributed by atoms with E-state index in [-0.39, 0.29) is 18.4 Å². The van der Waals surface area contributed by atoms with Gasteiger partial charge in [-0.3, -0.25) is 9.59 Å². The molecule has 0 radical (unpaired) electrons. The van der Waals surface area contributed by atoms with Crippen LogP contribution in [0.3, 0.4) is 0 Å². The van der Waals surface area contributed by atoms with E-state index >= 15 is 0 Å². The maximum Gasteiger partial charge on any atom is 0.253 e. The minimum atomic E-state index is -0.179. The van der Waals surface area contributed by atoms with E-state index in [0.29, 0.717) is 23.5 Å². The van der Waals surface area contributed by atoms with Crippen LogP contribution >= 0.6 is 0 Å². The monoisotopic (exact) mass is 264 g/mol. The molecule has 0 spiro atoms. The summed E-state index contributed by atoms with van der Waals surface area (Å²) in [5, 5.41) is 5.28. The van der Waals surface area contributed by atoms with E-state index in [9.17, 15) is 9.59 Å². The summed E-state index contributed by atoms with van der Waals surface area (Å²) >= 11 is 0. The molecule has 1 rings (SSSR count). The van der Waals surface area contributed by atoms with Crippen LogP contribution < -0.4 is 21.3 Å². The van der Waals surface area contributed by atoms with Crippen molar-refractivity contribution in [1.29, 1.82) is 0 Å². The van der Waals surface area contributed by atoms with Crippen molar-refractivity contribution in [1.82, 2.24) is 10.6 Å². The van der Waals surface area contributed by atoms with E-state index in [1.165, 1.54) is 0 Å². The number of nitrogens with zero attached hydrogens (tertiary/aromatic N) is 1. The Morgan fingerprint density at radius 3 is 2.63 bits per heavy atom. The molecule has 0 saturated carbocycles. The first-order chi connectivity index (χ1) is 8.99. The van der Waals surface area contributed by atoms with Gasteiger partial charge in [-0.1, -0.05) is 0 Å². The summed E-state index contributed by atoms with van der Waals surface area (Å²) in [6, 6.07) is 5.02. The fraction of sp³-hybridized carbons (Fsp3) is 0.385. The number of likely N-dealkylation sites (N-methyl/N-ethyl adjacent to an activating group) is 2. The number of hydrogen-bond acceptors (Lipinski definition) is 4. The van der Waals surface area contributed by atoms with E-state index in [0.717, 1.165) is 0 Å². The molecule has 0 heterocycles. The molecule has 4 N–H and O–H groups in total. The Balaban J connectivity index is 3.06. The number of amides is 2. The number of benzene rings is 1. The lowest BCUT2D eigenvalue weighted by molar-refractivity contribution is -0.119. The predicted molar refractivity (Wildman–Crippen MR) is 76.2 cm³/mol. The summed E-state index contributed by atoms with van der Waals surface area (Å²) in [5.41, 5.74) is 7.43. The van der Waals surface area contributed by atoms with Gasteiger partial charge in [0.15, 0.2) is 0 Å². The van der Waals surface area contributed by atoms with Gasteiger partial charge in [0.2, 0.25) is 5.91 Å². The van der Waals surface area contributed by atoms with Crippen molar-refractivity contribution in [2.45, 2.75) is 6.92 Å². The Labute approximate surface area is 113 Å². The average Bonchev–Trinajstić information content (AvgIpc) is 2.38. The molecule has 19 heavy (non-hydrogen) atoms. The molecule has 0 bridgehead atoms. The number of nitrogens with two attached hydrogens (primary N) is 1. The quantitative estimate of drug-likeness (QED) is 0.663. The molecule has 0 saturated heterocycles. The highest BCUT2D eigenvalue weighted by Gasteiger charge is 2.15. The summed E-state index contributed by atoms with van der Waals surface area (Å²) < 4.78 is 0. The molecule has 2 amide bonds. The van der Waals surface area contributed by atoms with Crippen LogP contribution in [0.1, 0.15) is 17.3 Å². The van der Waals surface area contributed by atoms with Crippen LogP contribution in [0.5, 0.6) is 0 Å². The standard InChI is InChI=1S/C13H20N4O2/c1-4-16-13(19)10-6-5-9(14)7-11(10)17(3)8-12(18)15-2/h5-7H,4,8,14H2,1-3H3,(H,15,18)(H,16,19). The van der Waals surface area contributed by atoms with Gasteiger partial charge in [-0.05, 0) is 25.1 Å². The molecule has 0 aliphatic carbocycles. The highest BCUT2D eigenvalue weighted by atomic mass is 16.2. The summed E-state index contributed by atoms with van der Waals surface area (Å²) in [6.45, 7) is 2.55. The van der Waals surface area contributed by atoms with Crippen molar-refractivity contribution >= 4 is 23.2 Å². The van der Waals surface area contributed by atoms with Gasteiger partial charge in [-0.15, -0.1) is 0 Å². The Hall–Kier alpha value is -2.24. The predicted octanol–water partition coefficient (Wildman–Crippen LogP) is 0.201. The fourth-order valence-corrected chi connectivity index (χ4v) is 1.69. The van der Waals surface area contributed by atoms with E-state index in [2.05, 4.69) is 10.6 Å². The zero-order chi connectivity index (χ0) is 14.4. The zero-order valence-corrected chi connectivity index (χ0v) is 11.5. The second kappa shape index (κ2) is 6.63. The maximum absolute atomic E-state index is 12.0. The van der Waals surface area contributed by atoms with Gasteiger partial charge in [-0.25, -0.2) is 0 Å². The molecule has 0 atom stereocenters. The number of anilines is 2. The zero-order valence-electron chi connectivity index (χ0n) is 11.5. The third-order valence-electron chi connectivity index (χ3n) is 2.67. The first kappa shape index (κ1) is 14.8. The minimum absolute atomic E-state index is 0.133. The normalized spacial score (nSPS) is 9.84. The minimum Gasteiger partial charge on any atom is -0.399 e. The lowest BCUT2D eigenvalue weighted by atomic mass is 10.1. The second-order valence-corrected chi connectivity index (χ2v) is 4.17. The Bertz CT molecular complexity index is 474. The van der Waals surface area contributed by atoms with Crippen LogP contribution in [0, 0.1) is 0 Å². The van der Waals surface area contributed by atoms with Gasteiger partial charge in [0.1, 0.15) is 0 Å². The van der Waals surface area contributed by atoms with Crippen molar-refractivity contribution < 1.29 is 9.59 Å². The molecule has 0 fully saturated rings. The molecule has 1 aromatic rings. The molecule has 104 valence electrons. The summed E-state index contributed by atoms with van der Waals surface area (Å²) in [4.78, 5) is 25.1. The number of nitrogen functional groups attached to an aromatic ring is 1. The first-order valence-corrected chi connectivity index (χ1v) is 6.09. The Kier molecular flexibility index (Phi) is 5.17. The topological polar surface area (TPSA) is 87.5 Å². The first-order valence-electron chi connectivity index (χ1n) is 6.09. The number of carbonyl (C=O) groups is 2. The number of hydrogen-bond donors (Lipinski definition) is 3. The fourth-order valence-electron chi connectivity index (χ4n) is 1.69. The van der Waals surface area contributed by atoms with Gasteiger partial charge < -0.3 is 21.3 Å². The van der Waals surface area contributed by atoms with Gasteiger partial charge >= 0.3 is 0 Å². The van der Waals surface area contributed by atoms with E-state index < -0.39 is 0 Å². The molecule has 0 aliphatic heterocycles. The maximum atomic E-state index is 12.0. The lowest BCUT2D eigenvalue weighted by Crippen LogP contribution is -2.34. The molecular weight excluding hydrogens is 244 g/mol. The van der Waals surface area contributed by atoms with Gasteiger partial charge in [0.25, 0.3) is 5.91 Å². The van der Waals surface area contributed by atoms with E-state index in [4.69, 9.17) is 5.73 Å². The van der Waals surface area contributed by atoms with Gasteiger partial charge in [-0.2, -0.15) is 0 Å². The summed E-state index contributed by atoms with van der Waals surface area (Å²) in [7, 11) is 3.31. The Morgan fingerprint density at radius 1 is 1.37 bits per heavy atom. The molecular formula is C13H20N4O2. The molecule has 6 nitrogen and oxygen atoms in total. The largest absolute Gasteiger partial charge is 0.399 e. The van der Waals surface area contributed by atoms with Crippen molar-refractivity contribution in [2.75, 3.05) is 37.8 Å². The third-order valence-corrected chi connectivity index (χ3v) is 2.67. The van der Waals surface area contributed by atoms with Crippen LogP contribution in [-0.4, -0.2) is 39.0 Å². The molecule has 6 heteroatoms. The molecule has 0 aromatic heterocycles. The smallest absolute Gasteiger partial charge is 0.253 e. The third kappa shape index (κ3) is 3.87. The SMILES string of the molecule is CCNC(=O)c1ccc(N)cc1N(C)CC(=O)NC. The summed E-state index contributed by atoms with van der Waals surface area (Å²) in [5.74, 6) is -0.312. The van der Waals surface area contributed by atoms with Crippen molar-refractivity contribution in [3.63, 3.8) is 0 Å². The molecule has 1 aromatic carbocycles. The number of rotatable bonds is 5. The highest BCUT2D eigenvalue weighted by molar-refractivity contribution is 6.01. The lowest BCUT2D eigenvalue weighted by Gasteiger charge is -2.21. The van der Waals surface area contributed by atoms with Crippen LogP contribution in [0.15, 0.2) is 18.2 Å². The van der Waals surface area contributed by atoms with Crippen LogP contribution in [0.25, 0.3) is 0 Å². The summed E-state index contributed by atoms with van der Waals surface area (Å²) in [6.07, 6.45) is 0. The Morgan fingerprint density at radius 2 is 2.05 bits per heavy atom. The second-order valence-electron chi connectivity index (χ2n) is 4.17.